The van der Waals surface area contributed by atoms with Crippen LogP contribution in [0.4, 0.5) is 0 Å². The number of aromatic nitrogens is 2. The molecule has 0 saturated carbocycles. The molecule has 0 spiro atoms. The van der Waals surface area contributed by atoms with Gasteiger partial charge in [-0.2, -0.15) is 0 Å². The predicted octanol–water partition coefficient (Wildman–Crippen LogP) is 5.85. The molecule has 0 bridgehead atoms. The third-order valence-corrected chi connectivity index (χ3v) is 7.46. The minimum atomic E-state index is -3.28. The van der Waals surface area contributed by atoms with Crippen LogP contribution in [0.5, 0.6) is 0 Å². The third kappa shape index (κ3) is 4.55. The topological polar surface area (TPSA) is 84.5 Å². The fourth-order valence-corrected chi connectivity index (χ4v) is 4.63. The molecule has 6 nitrogen and oxygen atoms in total. The summed E-state index contributed by atoms with van der Waals surface area (Å²) in [5.74, 6) is 0.669. The summed E-state index contributed by atoms with van der Waals surface area (Å²) < 4.78 is 26.4. The van der Waals surface area contributed by atoms with Crippen molar-refractivity contribution in [1.82, 2.24) is 9.55 Å². The lowest BCUT2D eigenvalue weighted by atomic mass is 10.1. The Kier molecular flexibility index (Phi) is 6.35. The quantitative estimate of drug-likeness (QED) is 0.213. The lowest BCUT2D eigenvalue weighted by Crippen LogP contribution is -2.03. The molecule has 0 unspecified atom stereocenters. The molecule has 0 fully saturated rings. The molecule has 0 aliphatic heterocycles. The summed E-state index contributed by atoms with van der Waals surface area (Å²) in [7, 11) is -3.28. The highest BCUT2D eigenvalue weighted by atomic mass is 35.5. The van der Waals surface area contributed by atoms with Crippen LogP contribution in [0.1, 0.15) is 19.5 Å². The Bertz CT molecular complexity index is 1440. The van der Waals surface area contributed by atoms with Crippen molar-refractivity contribution in [3.63, 3.8) is 0 Å². The molecule has 0 aliphatic rings. The molecule has 0 atom stereocenters. The maximum atomic E-state index is 12.3. The maximum absolute atomic E-state index is 12.3. The molecule has 0 saturated heterocycles. The average Bonchev–Trinajstić information content (AvgIpc) is 3.29. The van der Waals surface area contributed by atoms with Crippen molar-refractivity contribution in [3.8, 4) is 28.2 Å². The van der Waals surface area contributed by atoms with E-state index in [4.69, 9.17) is 11.6 Å². The number of hydrogen-bond donors (Lipinski definition) is 1. The van der Waals surface area contributed by atoms with Crippen molar-refractivity contribution in [2.24, 2.45) is 5.16 Å². The number of hydrogen-bond acceptors (Lipinski definition) is 5. The molecule has 3 aromatic carbocycles. The molecule has 4 rings (SSSR count). The summed E-state index contributed by atoms with van der Waals surface area (Å²) in [6.45, 7) is 3.31. The van der Waals surface area contributed by atoms with Crippen molar-refractivity contribution < 1.29 is 13.6 Å². The van der Waals surface area contributed by atoms with Gasteiger partial charge < -0.3 is 5.21 Å². The van der Waals surface area contributed by atoms with Crippen LogP contribution in [0.15, 0.2) is 89.0 Å². The Morgan fingerprint density at radius 1 is 1.03 bits per heavy atom. The zero-order valence-corrected chi connectivity index (χ0v) is 19.7. The van der Waals surface area contributed by atoms with E-state index in [1.54, 1.807) is 44.3 Å². The van der Waals surface area contributed by atoms with Gasteiger partial charge in [-0.1, -0.05) is 60.1 Å². The van der Waals surface area contributed by atoms with E-state index in [0.29, 0.717) is 27.1 Å². The fraction of sp³-hybridized carbons (Fsp3) is 0.120. The lowest BCUT2D eigenvalue weighted by Gasteiger charge is -2.11. The van der Waals surface area contributed by atoms with Gasteiger partial charge in [-0.05, 0) is 54.4 Å². The zero-order chi connectivity index (χ0) is 23.6. The summed E-state index contributed by atoms with van der Waals surface area (Å²) in [5.41, 5.74) is 4.19. The second-order valence-corrected chi connectivity index (χ2v) is 10.1. The maximum Gasteiger partial charge on any atom is 0.178 e. The van der Waals surface area contributed by atoms with Crippen molar-refractivity contribution in [3.05, 3.63) is 89.7 Å². The number of imidazole rings is 1. The number of halogens is 1. The Balaban J connectivity index is 1.78. The summed E-state index contributed by atoms with van der Waals surface area (Å²) in [5, 5.41) is 13.0. The van der Waals surface area contributed by atoms with Gasteiger partial charge in [0.25, 0.3) is 0 Å². The number of sulfone groups is 1. The van der Waals surface area contributed by atoms with Gasteiger partial charge >= 0.3 is 0 Å². The molecular formula is C25H22ClN3O3S. The first kappa shape index (κ1) is 22.8. The van der Waals surface area contributed by atoms with Gasteiger partial charge in [-0.3, -0.25) is 4.57 Å². The van der Waals surface area contributed by atoms with Crippen LogP contribution in [-0.2, 0) is 9.84 Å². The Morgan fingerprint density at radius 3 is 2.42 bits per heavy atom. The van der Waals surface area contributed by atoms with Gasteiger partial charge in [0.2, 0.25) is 0 Å². The van der Waals surface area contributed by atoms with Crippen molar-refractivity contribution in [2.75, 3.05) is 5.75 Å². The van der Waals surface area contributed by atoms with Gasteiger partial charge in [0, 0.05) is 17.4 Å². The second kappa shape index (κ2) is 9.21. The molecule has 4 aromatic rings. The first-order chi connectivity index (χ1) is 15.8. The van der Waals surface area contributed by atoms with E-state index < -0.39 is 9.84 Å². The van der Waals surface area contributed by atoms with E-state index in [1.807, 2.05) is 53.1 Å². The molecule has 1 aromatic heterocycles. The largest absolute Gasteiger partial charge is 0.411 e. The van der Waals surface area contributed by atoms with Gasteiger partial charge in [0.1, 0.15) is 17.2 Å². The van der Waals surface area contributed by atoms with E-state index in [1.165, 1.54) is 0 Å². The van der Waals surface area contributed by atoms with Gasteiger partial charge in [0.05, 0.1) is 15.7 Å². The van der Waals surface area contributed by atoms with E-state index in [9.17, 15) is 13.6 Å². The van der Waals surface area contributed by atoms with Crippen LogP contribution < -0.4 is 0 Å². The highest BCUT2D eigenvalue weighted by molar-refractivity contribution is 7.91. The van der Waals surface area contributed by atoms with E-state index in [0.717, 1.165) is 22.4 Å². The molecule has 0 radical (unpaired) electrons. The highest BCUT2D eigenvalue weighted by Crippen LogP contribution is 2.31. The minimum absolute atomic E-state index is 0.0553. The molecule has 1 heterocycles. The monoisotopic (exact) mass is 479 g/mol. The standard InChI is InChI=1S/C25H22ClN3O3S/c1-3-33(31,32)21-8-6-7-19(15-21)18-11-13-20(14-12-18)29-16-24(17(2)28-30)27-25(29)22-9-4-5-10-23(22)26/h4-16,30H,3H2,1-2H3. The summed E-state index contributed by atoms with van der Waals surface area (Å²) in [6, 6.07) is 22.1. The molecule has 168 valence electrons. The normalized spacial score (nSPS) is 12.2. The smallest absolute Gasteiger partial charge is 0.178 e. The second-order valence-electron chi connectivity index (χ2n) is 7.46. The molecule has 33 heavy (non-hydrogen) atoms. The SMILES string of the molecule is CCS(=O)(=O)c1cccc(-c2ccc(-n3cc(C(C)=NO)nc3-c3ccccc3Cl)cc2)c1. The van der Waals surface area contributed by atoms with E-state index >= 15 is 0 Å². The van der Waals surface area contributed by atoms with Crippen LogP contribution in [0.25, 0.3) is 28.2 Å². The van der Waals surface area contributed by atoms with Crippen LogP contribution in [0.2, 0.25) is 5.02 Å². The fourth-order valence-electron chi connectivity index (χ4n) is 3.49. The number of benzene rings is 3. The Hall–Kier alpha value is -3.42. The van der Waals surface area contributed by atoms with Gasteiger partial charge in [-0.15, -0.1) is 0 Å². The third-order valence-electron chi connectivity index (χ3n) is 5.39. The van der Waals surface area contributed by atoms with Crippen LogP contribution in [0, 0.1) is 0 Å². The highest BCUT2D eigenvalue weighted by Gasteiger charge is 2.16. The van der Waals surface area contributed by atoms with Crippen LogP contribution >= 0.6 is 11.6 Å². The first-order valence-electron chi connectivity index (χ1n) is 10.3. The molecule has 8 heteroatoms. The molecule has 0 aliphatic carbocycles. The number of rotatable bonds is 6. The van der Waals surface area contributed by atoms with Gasteiger partial charge in [0.15, 0.2) is 9.84 Å². The van der Waals surface area contributed by atoms with Crippen LogP contribution in [-0.4, -0.2) is 34.6 Å². The van der Waals surface area contributed by atoms with Crippen LogP contribution in [0.3, 0.4) is 0 Å². The Labute approximate surface area is 197 Å². The number of nitrogens with zero attached hydrogens (tertiary/aromatic N) is 3. The van der Waals surface area contributed by atoms with Crippen molar-refractivity contribution >= 4 is 27.1 Å². The molecular weight excluding hydrogens is 458 g/mol. The van der Waals surface area contributed by atoms with Crippen molar-refractivity contribution in [2.45, 2.75) is 18.7 Å². The first-order valence-corrected chi connectivity index (χ1v) is 12.3. The zero-order valence-electron chi connectivity index (χ0n) is 18.1. The summed E-state index contributed by atoms with van der Waals surface area (Å²) in [6.07, 6.45) is 1.79. The van der Waals surface area contributed by atoms with E-state index in [2.05, 4.69) is 10.1 Å². The average molecular weight is 480 g/mol. The summed E-state index contributed by atoms with van der Waals surface area (Å²) in [4.78, 5) is 4.95. The molecule has 1 N–H and O–H groups in total. The molecule has 0 amide bonds. The van der Waals surface area contributed by atoms with Gasteiger partial charge in [-0.25, -0.2) is 13.4 Å². The van der Waals surface area contributed by atoms with E-state index in [-0.39, 0.29) is 5.75 Å². The Morgan fingerprint density at radius 2 is 1.76 bits per heavy atom. The summed E-state index contributed by atoms with van der Waals surface area (Å²) >= 11 is 6.43. The number of oxime groups is 1. The predicted molar refractivity (Wildman–Crippen MR) is 131 cm³/mol. The van der Waals surface area contributed by atoms with Crippen molar-refractivity contribution in [1.29, 1.82) is 0 Å². The lowest BCUT2D eigenvalue weighted by molar-refractivity contribution is 0.319. The minimum Gasteiger partial charge on any atom is -0.411 e.